The Morgan fingerprint density at radius 3 is 2.61 bits per heavy atom. The minimum atomic E-state index is -0.266. The molecular weight excluding hydrogens is 254 g/mol. The lowest BCUT2D eigenvalue weighted by Gasteiger charge is -2.17. The van der Waals surface area contributed by atoms with E-state index in [1.54, 1.807) is 13.1 Å². The number of pyridine rings is 1. The molecule has 0 aliphatic heterocycles. The summed E-state index contributed by atoms with van der Waals surface area (Å²) >= 11 is 5.64. The van der Waals surface area contributed by atoms with Crippen LogP contribution in [-0.4, -0.2) is 41.3 Å². The van der Waals surface area contributed by atoms with Crippen molar-refractivity contribution in [3.63, 3.8) is 0 Å². The van der Waals surface area contributed by atoms with Gasteiger partial charge in [0.1, 0.15) is 5.15 Å². The molecule has 1 heterocycles. The summed E-state index contributed by atoms with van der Waals surface area (Å²) in [6, 6.07) is 3.17. The van der Waals surface area contributed by atoms with Gasteiger partial charge >= 0.3 is 0 Å². The minimum Gasteiger partial charge on any atom is -0.352 e. The van der Waals surface area contributed by atoms with Crippen molar-refractivity contribution in [2.75, 3.05) is 13.6 Å². The number of hydrogen-bond donors (Lipinski definition) is 1. The van der Waals surface area contributed by atoms with Gasteiger partial charge in [0.15, 0.2) is 0 Å². The molecule has 0 aliphatic carbocycles. The van der Waals surface area contributed by atoms with Gasteiger partial charge in [-0.3, -0.25) is 9.59 Å². The summed E-state index contributed by atoms with van der Waals surface area (Å²) in [6.45, 7) is 3.74. The summed E-state index contributed by atoms with van der Waals surface area (Å²) < 4.78 is 0. The average molecular weight is 270 g/mol. The van der Waals surface area contributed by atoms with E-state index < -0.39 is 0 Å². The van der Waals surface area contributed by atoms with Gasteiger partial charge in [-0.2, -0.15) is 0 Å². The summed E-state index contributed by atoms with van der Waals surface area (Å²) in [7, 11) is 1.57. The Labute approximate surface area is 111 Å². The van der Waals surface area contributed by atoms with Gasteiger partial charge in [0, 0.05) is 19.3 Å². The lowest BCUT2D eigenvalue weighted by atomic mass is 10.2. The van der Waals surface area contributed by atoms with Gasteiger partial charge in [-0.15, -0.1) is 0 Å². The number of rotatable bonds is 4. The Morgan fingerprint density at radius 2 is 2.11 bits per heavy atom. The van der Waals surface area contributed by atoms with E-state index in [9.17, 15) is 9.59 Å². The maximum atomic E-state index is 11.9. The second kappa shape index (κ2) is 6.35. The highest BCUT2D eigenvalue weighted by Gasteiger charge is 2.15. The fraction of sp³-hybridized carbons (Fsp3) is 0.417. The van der Waals surface area contributed by atoms with Crippen molar-refractivity contribution in [1.82, 2.24) is 15.2 Å². The molecule has 1 rings (SSSR count). The fourth-order valence-electron chi connectivity index (χ4n) is 1.38. The zero-order chi connectivity index (χ0) is 13.7. The third-order valence-corrected chi connectivity index (χ3v) is 2.38. The summed E-state index contributed by atoms with van der Waals surface area (Å²) in [5.74, 6) is -0.458. The number of amides is 2. The Balaban J connectivity index is 2.61. The van der Waals surface area contributed by atoms with Crippen LogP contribution in [0.2, 0.25) is 5.15 Å². The van der Waals surface area contributed by atoms with E-state index in [0.717, 1.165) is 0 Å². The third kappa shape index (κ3) is 4.33. The highest BCUT2D eigenvalue weighted by Crippen LogP contribution is 2.07. The van der Waals surface area contributed by atoms with Crippen LogP contribution < -0.4 is 5.32 Å². The summed E-state index contributed by atoms with van der Waals surface area (Å²) in [6.07, 6.45) is 1.39. The molecule has 0 fully saturated rings. The third-order valence-electron chi connectivity index (χ3n) is 2.15. The van der Waals surface area contributed by atoms with Crippen molar-refractivity contribution in [3.05, 3.63) is 29.0 Å². The molecular formula is C12H16ClN3O2. The molecule has 2 amide bonds. The van der Waals surface area contributed by atoms with Crippen LogP contribution in [0.1, 0.15) is 24.2 Å². The van der Waals surface area contributed by atoms with Crippen LogP contribution in [0.15, 0.2) is 18.3 Å². The molecule has 0 atom stereocenters. The lowest BCUT2D eigenvalue weighted by molar-refractivity contribution is -0.122. The van der Waals surface area contributed by atoms with E-state index in [1.807, 2.05) is 13.8 Å². The van der Waals surface area contributed by atoms with Gasteiger partial charge in [0.2, 0.25) is 5.91 Å². The lowest BCUT2D eigenvalue weighted by Crippen LogP contribution is -2.40. The van der Waals surface area contributed by atoms with Crippen molar-refractivity contribution in [2.45, 2.75) is 19.9 Å². The molecule has 0 unspecified atom stereocenters. The number of aromatic nitrogens is 1. The highest BCUT2D eigenvalue weighted by atomic mass is 35.5. The van der Waals surface area contributed by atoms with Crippen molar-refractivity contribution in [1.29, 1.82) is 0 Å². The highest BCUT2D eigenvalue weighted by molar-refractivity contribution is 6.29. The van der Waals surface area contributed by atoms with Crippen LogP contribution in [0.4, 0.5) is 0 Å². The summed E-state index contributed by atoms with van der Waals surface area (Å²) in [4.78, 5) is 28.6. The molecule has 1 N–H and O–H groups in total. The number of carbonyl (C=O) groups is 2. The van der Waals surface area contributed by atoms with E-state index >= 15 is 0 Å². The molecule has 0 saturated heterocycles. The van der Waals surface area contributed by atoms with Crippen LogP contribution in [0.5, 0.6) is 0 Å². The van der Waals surface area contributed by atoms with Crippen LogP contribution in [0, 0.1) is 0 Å². The van der Waals surface area contributed by atoms with E-state index in [1.165, 1.54) is 17.2 Å². The second-order valence-electron chi connectivity index (χ2n) is 4.25. The maximum Gasteiger partial charge on any atom is 0.255 e. The maximum absolute atomic E-state index is 11.9. The number of nitrogens with one attached hydrogen (secondary N) is 1. The van der Waals surface area contributed by atoms with Crippen molar-refractivity contribution in [2.24, 2.45) is 0 Å². The normalized spacial score (nSPS) is 10.3. The molecule has 1 aromatic rings. The van der Waals surface area contributed by atoms with Crippen LogP contribution in [-0.2, 0) is 4.79 Å². The van der Waals surface area contributed by atoms with Gasteiger partial charge in [0.25, 0.3) is 5.91 Å². The molecule has 0 bridgehead atoms. The molecule has 98 valence electrons. The van der Waals surface area contributed by atoms with Crippen molar-refractivity contribution in [3.8, 4) is 0 Å². The Hall–Kier alpha value is -1.62. The standard InChI is InChI=1S/C12H16ClN3O2/c1-8(2)15-11(17)7-16(3)12(18)9-4-5-10(13)14-6-9/h4-6,8H,7H2,1-3H3,(H,15,17). The zero-order valence-corrected chi connectivity index (χ0v) is 11.4. The minimum absolute atomic E-state index is 0.0135. The molecule has 0 spiro atoms. The SMILES string of the molecule is CC(C)NC(=O)CN(C)C(=O)c1ccc(Cl)nc1. The van der Waals surface area contributed by atoms with Crippen molar-refractivity contribution < 1.29 is 9.59 Å². The molecule has 6 heteroatoms. The number of halogens is 1. The van der Waals surface area contributed by atoms with Gasteiger partial charge < -0.3 is 10.2 Å². The Kier molecular flexibility index (Phi) is 5.09. The monoisotopic (exact) mass is 269 g/mol. The van der Waals surface area contributed by atoms with E-state index in [2.05, 4.69) is 10.3 Å². The molecule has 0 aliphatic rings. The smallest absolute Gasteiger partial charge is 0.255 e. The van der Waals surface area contributed by atoms with Crippen LogP contribution in [0.3, 0.4) is 0 Å². The molecule has 18 heavy (non-hydrogen) atoms. The molecule has 0 radical (unpaired) electrons. The first kappa shape index (κ1) is 14.4. The largest absolute Gasteiger partial charge is 0.352 e. The van der Waals surface area contributed by atoms with Crippen LogP contribution >= 0.6 is 11.6 Å². The van der Waals surface area contributed by atoms with Gasteiger partial charge in [-0.25, -0.2) is 4.98 Å². The molecule has 0 aromatic carbocycles. The number of hydrogen-bond acceptors (Lipinski definition) is 3. The predicted molar refractivity (Wildman–Crippen MR) is 69.5 cm³/mol. The van der Waals surface area contributed by atoms with E-state index in [0.29, 0.717) is 10.7 Å². The molecule has 1 aromatic heterocycles. The van der Waals surface area contributed by atoms with E-state index in [-0.39, 0.29) is 24.4 Å². The van der Waals surface area contributed by atoms with Gasteiger partial charge in [-0.05, 0) is 26.0 Å². The quantitative estimate of drug-likeness (QED) is 0.839. The first-order valence-corrected chi connectivity index (χ1v) is 5.94. The fourth-order valence-corrected chi connectivity index (χ4v) is 1.49. The number of likely N-dealkylation sites (N-methyl/N-ethyl adjacent to an activating group) is 1. The van der Waals surface area contributed by atoms with Gasteiger partial charge in [0.05, 0.1) is 12.1 Å². The Bertz CT molecular complexity index is 431. The first-order valence-electron chi connectivity index (χ1n) is 5.56. The summed E-state index contributed by atoms with van der Waals surface area (Å²) in [5, 5.41) is 3.05. The Morgan fingerprint density at radius 1 is 1.44 bits per heavy atom. The molecule has 5 nitrogen and oxygen atoms in total. The number of carbonyl (C=O) groups excluding carboxylic acids is 2. The summed E-state index contributed by atoms with van der Waals surface area (Å²) in [5.41, 5.74) is 0.402. The molecule has 0 saturated carbocycles. The second-order valence-corrected chi connectivity index (χ2v) is 4.64. The zero-order valence-electron chi connectivity index (χ0n) is 10.6. The topological polar surface area (TPSA) is 62.3 Å². The van der Waals surface area contributed by atoms with Crippen molar-refractivity contribution >= 4 is 23.4 Å². The van der Waals surface area contributed by atoms with E-state index in [4.69, 9.17) is 11.6 Å². The average Bonchev–Trinajstić information content (AvgIpc) is 2.27. The number of nitrogens with zero attached hydrogens (tertiary/aromatic N) is 2. The van der Waals surface area contributed by atoms with Crippen LogP contribution in [0.25, 0.3) is 0 Å². The first-order chi connectivity index (χ1) is 8.40. The predicted octanol–water partition coefficient (Wildman–Crippen LogP) is 1.33. The van der Waals surface area contributed by atoms with Gasteiger partial charge in [-0.1, -0.05) is 11.6 Å².